The fourth-order valence-electron chi connectivity index (χ4n) is 1.63. The van der Waals surface area contributed by atoms with Crippen LogP contribution in [0.2, 0.25) is 0 Å². The monoisotopic (exact) mass is 253 g/mol. The van der Waals surface area contributed by atoms with Crippen molar-refractivity contribution >= 4 is 11.9 Å². The Morgan fingerprint density at radius 3 is 2.28 bits per heavy atom. The molecule has 4 heteroatoms. The molecule has 18 heavy (non-hydrogen) atoms. The van der Waals surface area contributed by atoms with Crippen molar-refractivity contribution in [2.24, 2.45) is 0 Å². The van der Waals surface area contributed by atoms with Gasteiger partial charge in [-0.1, -0.05) is 12.2 Å². The summed E-state index contributed by atoms with van der Waals surface area (Å²) in [5.74, 6) is 0.0141. The van der Waals surface area contributed by atoms with Crippen molar-refractivity contribution in [3.63, 3.8) is 0 Å². The van der Waals surface area contributed by atoms with Crippen LogP contribution in [0, 0.1) is 0 Å². The van der Waals surface area contributed by atoms with Crippen LogP contribution in [-0.4, -0.2) is 35.0 Å². The molecule has 1 aliphatic carbocycles. The number of hydrogen-bond acceptors (Lipinski definition) is 3. The van der Waals surface area contributed by atoms with E-state index in [0.29, 0.717) is 6.42 Å². The number of nitrogens with zero attached hydrogens (tertiary/aromatic N) is 1. The first-order valence-electron chi connectivity index (χ1n) is 6.35. The summed E-state index contributed by atoms with van der Waals surface area (Å²) >= 11 is 0. The maximum atomic E-state index is 12.0. The molecule has 1 amide bonds. The molecule has 0 heterocycles. The molecule has 0 bridgehead atoms. The van der Waals surface area contributed by atoms with Gasteiger partial charge in [-0.05, 0) is 40.5 Å². The highest BCUT2D eigenvalue weighted by atomic mass is 16.6. The molecule has 0 spiro atoms. The third kappa shape index (κ3) is 5.34. The van der Waals surface area contributed by atoms with Crippen LogP contribution >= 0.6 is 0 Å². The normalized spacial score (nSPS) is 15.1. The van der Waals surface area contributed by atoms with Crippen LogP contribution in [0.1, 0.15) is 47.0 Å². The summed E-state index contributed by atoms with van der Waals surface area (Å²) in [5, 5.41) is 0. The third-order valence-electron chi connectivity index (χ3n) is 2.46. The third-order valence-corrected chi connectivity index (χ3v) is 2.46. The number of carbonyl (C=O) groups is 2. The van der Waals surface area contributed by atoms with Crippen LogP contribution in [0.5, 0.6) is 0 Å². The van der Waals surface area contributed by atoms with Crippen LogP contribution in [0.4, 0.5) is 4.79 Å². The van der Waals surface area contributed by atoms with E-state index >= 15 is 0 Å². The van der Waals surface area contributed by atoms with Gasteiger partial charge in [0.15, 0.2) is 5.78 Å². The van der Waals surface area contributed by atoms with E-state index in [1.54, 1.807) is 4.90 Å². The number of amides is 1. The zero-order chi connectivity index (χ0) is 13.9. The minimum atomic E-state index is -0.526. The number of Topliss-reactive ketones (excluding diaryl/α,β-unsaturated/α-hetero) is 1. The van der Waals surface area contributed by atoms with Crippen molar-refractivity contribution in [1.82, 2.24) is 4.90 Å². The highest BCUT2D eigenvalue weighted by Gasteiger charge is 2.36. The molecule has 0 aromatic rings. The molecular weight excluding hydrogens is 230 g/mol. The van der Waals surface area contributed by atoms with Crippen molar-refractivity contribution in [3.05, 3.63) is 12.2 Å². The Balaban J connectivity index is 2.57. The predicted octanol–water partition coefficient (Wildman–Crippen LogP) is 2.92. The van der Waals surface area contributed by atoms with Crippen LogP contribution in [0.15, 0.2) is 12.2 Å². The standard InChI is InChI=1S/C14H23NO3/c1-10(2)8-12(16)9-15(11-6-7-11)13(17)18-14(3,4)5/h11H,1,6-9H2,2-5H3. The van der Waals surface area contributed by atoms with Gasteiger partial charge >= 0.3 is 6.09 Å². The molecule has 1 saturated carbocycles. The zero-order valence-corrected chi connectivity index (χ0v) is 11.8. The van der Waals surface area contributed by atoms with E-state index < -0.39 is 5.60 Å². The number of ether oxygens (including phenoxy) is 1. The molecule has 0 unspecified atom stereocenters. The maximum Gasteiger partial charge on any atom is 0.410 e. The molecular formula is C14H23NO3. The van der Waals surface area contributed by atoms with Gasteiger partial charge in [-0.25, -0.2) is 4.79 Å². The van der Waals surface area contributed by atoms with Gasteiger partial charge in [-0.15, -0.1) is 0 Å². The number of ketones is 1. The molecule has 1 rings (SSSR count). The van der Waals surface area contributed by atoms with Gasteiger partial charge in [0.25, 0.3) is 0 Å². The van der Waals surface area contributed by atoms with Gasteiger partial charge in [0.1, 0.15) is 5.60 Å². The largest absolute Gasteiger partial charge is 0.444 e. The van der Waals surface area contributed by atoms with Crippen LogP contribution in [-0.2, 0) is 9.53 Å². The summed E-state index contributed by atoms with van der Waals surface area (Å²) in [6.45, 7) is 11.1. The molecule has 1 fully saturated rings. The second kappa shape index (κ2) is 5.55. The number of hydrogen-bond donors (Lipinski definition) is 0. The Hall–Kier alpha value is -1.32. The number of rotatable bonds is 5. The Labute approximate surface area is 109 Å². The van der Waals surface area contributed by atoms with E-state index in [4.69, 9.17) is 4.74 Å². The number of carbonyl (C=O) groups excluding carboxylic acids is 2. The quantitative estimate of drug-likeness (QED) is 0.708. The van der Waals surface area contributed by atoms with E-state index in [9.17, 15) is 9.59 Å². The first kappa shape index (κ1) is 14.7. The Morgan fingerprint density at radius 2 is 1.89 bits per heavy atom. The van der Waals surface area contributed by atoms with Gasteiger partial charge in [0, 0.05) is 12.5 Å². The SMILES string of the molecule is C=C(C)CC(=O)CN(C(=O)OC(C)(C)C)C1CC1. The van der Waals surface area contributed by atoms with Crippen molar-refractivity contribution in [2.45, 2.75) is 58.6 Å². The highest BCUT2D eigenvalue weighted by Crippen LogP contribution is 2.28. The fraction of sp³-hybridized carbons (Fsp3) is 0.714. The maximum absolute atomic E-state index is 12.0. The molecule has 102 valence electrons. The lowest BCUT2D eigenvalue weighted by Crippen LogP contribution is -2.41. The van der Waals surface area contributed by atoms with Gasteiger partial charge in [0.05, 0.1) is 6.54 Å². The molecule has 0 N–H and O–H groups in total. The lowest BCUT2D eigenvalue weighted by atomic mass is 10.1. The molecule has 0 aliphatic heterocycles. The summed E-state index contributed by atoms with van der Waals surface area (Å²) in [6.07, 6.45) is 1.85. The molecule has 0 aromatic heterocycles. The van der Waals surface area contributed by atoms with Gasteiger partial charge < -0.3 is 4.74 Å². The van der Waals surface area contributed by atoms with E-state index in [1.807, 2.05) is 27.7 Å². The first-order valence-corrected chi connectivity index (χ1v) is 6.35. The minimum Gasteiger partial charge on any atom is -0.444 e. The second-order valence-corrected chi connectivity index (χ2v) is 6.01. The average molecular weight is 253 g/mol. The summed E-state index contributed by atoms with van der Waals surface area (Å²) in [6, 6.07) is 0.175. The van der Waals surface area contributed by atoms with Crippen LogP contribution < -0.4 is 0 Å². The smallest absolute Gasteiger partial charge is 0.410 e. The van der Waals surface area contributed by atoms with E-state index in [2.05, 4.69) is 6.58 Å². The van der Waals surface area contributed by atoms with Crippen molar-refractivity contribution in [1.29, 1.82) is 0 Å². The lowest BCUT2D eigenvalue weighted by molar-refractivity contribution is -0.119. The van der Waals surface area contributed by atoms with Gasteiger partial charge in [-0.3, -0.25) is 9.69 Å². The van der Waals surface area contributed by atoms with E-state index in [-0.39, 0.29) is 24.5 Å². The Bertz CT molecular complexity index is 351. The molecule has 0 atom stereocenters. The summed E-state index contributed by atoms with van der Waals surface area (Å²) in [4.78, 5) is 25.3. The summed E-state index contributed by atoms with van der Waals surface area (Å²) < 4.78 is 5.32. The van der Waals surface area contributed by atoms with E-state index in [1.165, 1.54) is 0 Å². The van der Waals surface area contributed by atoms with Gasteiger partial charge in [-0.2, -0.15) is 0 Å². The topological polar surface area (TPSA) is 46.6 Å². The van der Waals surface area contributed by atoms with Crippen molar-refractivity contribution in [2.75, 3.05) is 6.54 Å². The Morgan fingerprint density at radius 1 is 1.33 bits per heavy atom. The number of allylic oxidation sites excluding steroid dienone is 1. The van der Waals surface area contributed by atoms with E-state index in [0.717, 1.165) is 18.4 Å². The van der Waals surface area contributed by atoms with Crippen LogP contribution in [0.25, 0.3) is 0 Å². The van der Waals surface area contributed by atoms with Gasteiger partial charge in [0.2, 0.25) is 0 Å². The molecule has 1 aliphatic rings. The first-order chi connectivity index (χ1) is 8.19. The summed E-state index contributed by atoms with van der Waals surface area (Å²) in [5.41, 5.74) is 0.293. The van der Waals surface area contributed by atoms with Crippen molar-refractivity contribution < 1.29 is 14.3 Å². The fourth-order valence-corrected chi connectivity index (χ4v) is 1.63. The molecule has 0 saturated heterocycles. The minimum absolute atomic E-state index is 0.0141. The highest BCUT2D eigenvalue weighted by molar-refractivity contribution is 5.86. The average Bonchev–Trinajstić information content (AvgIpc) is 2.92. The molecule has 0 radical (unpaired) electrons. The Kier molecular flexibility index (Phi) is 4.54. The van der Waals surface area contributed by atoms with Crippen molar-refractivity contribution in [3.8, 4) is 0 Å². The predicted molar refractivity (Wildman–Crippen MR) is 70.4 cm³/mol. The summed E-state index contributed by atoms with van der Waals surface area (Å²) in [7, 11) is 0. The lowest BCUT2D eigenvalue weighted by Gasteiger charge is -2.27. The molecule has 0 aromatic carbocycles. The van der Waals surface area contributed by atoms with Crippen LogP contribution in [0.3, 0.4) is 0 Å². The second-order valence-electron chi connectivity index (χ2n) is 6.01. The zero-order valence-electron chi connectivity index (χ0n) is 11.8. The molecule has 4 nitrogen and oxygen atoms in total.